The highest BCUT2D eigenvalue weighted by atomic mass is 16.6. The van der Waals surface area contributed by atoms with Crippen LogP contribution in [-0.2, 0) is 0 Å². The van der Waals surface area contributed by atoms with Crippen molar-refractivity contribution in [3.63, 3.8) is 0 Å². The molecule has 0 atom stereocenters. The van der Waals surface area contributed by atoms with Crippen molar-refractivity contribution < 1.29 is 24.0 Å². The number of Topliss-reactive ketones (excluding diaryl/α,β-unsaturated/α-hetero) is 1. The molecular weight excluding hydrogens is 438 g/mol. The van der Waals surface area contributed by atoms with Gasteiger partial charge in [-0.3, -0.25) is 19.7 Å². The summed E-state index contributed by atoms with van der Waals surface area (Å²) in [5.41, 5.74) is 0.739. The molecule has 2 fully saturated rings. The van der Waals surface area contributed by atoms with E-state index in [0.29, 0.717) is 54.2 Å². The lowest BCUT2D eigenvalue weighted by molar-refractivity contribution is -0.384. The van der Waals surface area contributed by atoms with Crippen LogP contribution in [-0.4, -0.2) is 60.4 Å². The highest BCUT2D eigenvalue weighted by molar-refractivity contribution is 6.00. The molecule has 178 valence electrons. The molecule has 2 aromatic carbocycles. The normalized spacial score (nSPS) is 19.0. The fourth-order valence-corrected chi connectivity index (χ4v) is 5.21. The zero-order chi connectivity index (χ0) is 23.9. The van der Waals surface area contributed by atoms with Crippen LogP contribution in [0.3, 0.4) is 0 Å². The SMILES string of the molecule is COc1ccc2c(c1)OC1(CCN(C(=O)c3ccc(N4CCCC4)c([N+](=O)[O-])c3)CC1)CC2=O. The highest BCUT2D eigenvalue weighted by Crippen LogP contribution is 2.41. The third-order valence-electron chi connectivity index (χ3n) is 7.13. The van der Waals surface area contributed by atoms with Gasteiger partial charge in [-0.1, -0.05) is 0 Å². The molecule has 0 saturated carbocycles. The number of hydrogen-bond acceptors (Lipinski definition) is 7. The van der Waals surface area contributed by atoms with E-state index in [1.807, 2.05) is 4.90 Å². The van der Waals surface area contributed by atoms with E-state index in [4.69, 9.17) is 9.47 Å². The lowest BCUT2D eigenvalue weighted by Crippen LogP contribution is -2.52. The zero-order valence-electron chi connectivity index (χ0n) is 19.1. The summed E-state index contributed by atoms with van der Waals surface area (Å²) >= 11 is 0. The number of likely N-dealkylation sites (tertiary alicyclic amines) is 1. The molecule has 9 nitrogen and oxygen atoms in total. The standard InChI is InChI=1S/C25H27N3O6/c1-33-18-5-6-19-22(29)16-25(34-23(19)15-18)8-12-27(13-9-25)24(30)17-4-7-20(21(14-17)28(31)32)26-10-2-3-11-26/h4-7,14-15H,2-3,8-13,16H2,1H3. The van der Waals surface area contributed by atoms with E-state index in [1.165, 1.54) is 6.07 Å². The van der Waals surface area contributed by atoms with Gasteiger partial charge in [-0.2, -0.15) is 0 Å². The predicted octanol–water partition coefficient (Wildman–Crippen LogP) is 3.84. The molecule has 3 aliphatic heterocycles. The monoisotopic (exact) mass is 465 g/mol. The Morgan fingerprint density at radius 3 is 2.50 bits per heavy atom. The second kappa shape index (κ2) is 8.62. The Bertz CT molecular complexity index is 1150. The number of ketones is 1. The Labute approximate surface area is 197 Å². The van der Waals surface area contributed by atoms with Crippen LogP contribution in [0.1, 0.15) is 52.8 Å². The maximum Gasteiger partial charge on any atom is 0.293 e. The van der Waals surface area contributed by atoms with Gasteiger partial charge in [0.25, 0.3) is 11.6 Å². The number of amides is 1. The Kier molecular flexibility index (Phi) is 5.63. The largest absolute Gasteiger partial charge is 0.497 e. The summed E-state index contributed by atoms with van der Waals surface area (Å²) in [6.07, 6.45) is 3.30. The zero-order valence-corrected chi connectivity index (χ0v) is 19.1. The minimum Gasteiger partial charge on any atom is -0.497 e. The Hall–Kier alpha value is -3.62. The van der Waals surface area contributed by atoms with Gasteiger partial charge in [0.15, 0.2) is 5.78 Å². The van der Waals surface area contributed by atoms with E-state index in [9.17, 15) is 19.7 Å². The summed E-state index contributed by atoms with van der Waals surface area (Å²) in [5, 5.41) is 11.7. The highest BCUT2D eigenvalue weighted by Gasteiger charge is 2.44. The second-order valence-electron chi connectivity index (χ2n) is 9.19. The number of nitro benzene ring substituents is 1. The summed E-state index contributed by atoms with van der Waals surface area (Å²) in [4.78, 5) is 40.9. The molecule has 34 heavy (non-hydrogen) atoms. The number of hydrogen-bond donors (Lipinski definition) is 0. The van der Waals surface area contributed by atoms with Gasteiger partial charge >= 0.3 is 0 Å². The Balaban J connectivity index is 1.31. The molecule has 1 amide bonds. The van der Waals surface area contributed by atoms with E-state index in [0.717, 1.165) is 25.9 Å². The number of ether oxygens (including phenoxy) is 2. The Morgan fingerprint density at radius 1 is 1.09 bits per heavy atom. The van der Waals surface area contributed by atoms with Crippen molar-refractivity contribution in [3.05, 3.63) is 57.6 Å². The first-order chi connectivity index (χ1) is 16.4. The van der Waals surface area contributed by atoms with Crippen molar-refractivity contribution in [1.82, 2.24) is 4.90 Å². The molecule has 2 saturated heterocycles. The average Bonchev–Trinajstić information content (AvgIpc) is 3.38. The molecule has 3 aliphatic rings. The van der Waals surface area contributed by atoms with Crippen molar-refractivity contribution in [2.75, 3.05) is 38.2 Å². The van der Waals surface area contributed by atoms with Crippen LogP contribution in [0.2, 0.25) is 0 Å². The van der Waals surface area contributed by atoms with Gasteiger partial charge in [-0.05, 0) is 37.1 Å². The Morgan fingerprint density at radius 2 is 1.82 bits per heavy atom. The quantitative estimate of drug-likeness (QED) is 0.499. The maximum atomic E-state index is 13.2. The number of nitro groups is 1. The summed E-state index contributed by atoms with van der Waals surface area (Å²) in [6.45, 7) is 2.40. The second-order valence-corrected chi connectivity index (χ2v) is 9.19. The topological polar surface area (TPSA) is 102 Å². The lowest BCUT2D eigenvalue weighted by atomic mass is 9.82. The summed E-state index contributed by atoms with van der Waals surface area (Å²) < 4.78 is 11.6. The molecule has 9 heteroatoms. The fraction of sp³-hybridized carbons (Fsp3) is 0.440. The number of rotatable bonds is 4. The molecule has 0 aromatic heterocycles. The average molecular weight is 466 g/mol. The summed E-state index contributed by atoms with van der Waals surface area (Å²) in [5.74, 6) is 0.922. The number of fused-ring (bicyclic) bond motifs is 1. The molecule has 5 rings (SSSR count). The first-order valence-electron chi connectivity index (χ1n) is 11.6. The van der Waals surface area contributed by atoms with Gasteiger partial charge in [0, 0.05) is 56.7 Å². The maximum absolute atomic E-state index is 13.2. The smallest absolute Gasteiger partial charge is 0.293 e. The molecule has 0 unspecified atom stereocenters. The van der Waals surface area contributed by atoms with Crippen LogP contribution in [0.25, 0.3) is 0 Å². The van der Waals surface area contributed by atoms with Gasteiger partial charge in [-0.15, -0.1) is 0 Å². The van der Waals surface area contributed by atoms with Gasteiger partial charge in [0.2, 0.25) is 0 Å². The first kappa shape index (κ1) is 22.2. The van der Waals surface area contributed by atoms with Crippen LogP contribution in [0.4, 0.5) is 11.4 Å². The number of benzene rings is 2. The van der Waals surface area contributed by atoms with Gasteiger partial charge in [-0.25, -0.2) is 0 Å². The molecule has 0 bridgehead atoms. The van der Waals surface area contributed by atoms with Crippen LogP contribution >= 0.6 is 0 Å². The number of methoxy groups -OCH3 is 1. The van der Waals surface area contributed by atoms with Crippen molar-refractivity contribution in [2.24, 2.45) is 0 Å². The van der Waals surface area contributed by atoms with Crippen LogP contribution in [0, 0.1) is 10.1 Å². The number of carbonyl (C=O) groups excluding carboxylic acids is 2. The minimum absolute atomic E-state index is 0.0248. The first-order valence-corrected chi connectivity index (χ1v) is 11.6. The molecule has 0 radical (unpaired) electrons. The molecule has 0 aliphatic carbocycles. The molecule has 2 aromatic rings. The van der Waals surface area contributed by atoms with Crippen molar-refractivity contribution in [2.45, 2.75) is 37.7 Å². The van der Waals surface area contributed by atoms with Crippen molar-refractivity contribution in [3.8, 4) is 11.5 Å². The van der Waals surface area contributed by atoms with E-state index in [-0.39, 0.29) is 23.8 Å². The fourth-order valence-electron chi connectivity index (χ4n) is 5.21. The van der Waals surface area contributed by atoms with Crippen molar-refractivity contribution >= 4 is 23.1 Å². The van der Waals surface area contributed by atoms with E-state index in [1.54, 1.807) is 42.3 Å². The molecule has 1 spiro atoms. The number of anilines is 1. The molecule has 0 N–H and O–H groups in total. The van der Waals surface area contributed by atoms with E-state index in [2.05, 4.69) is 0 Å². The summed E-state index contributed by atoms with van der Waals surface area (Å²) in [6, 6.07) is 9.95. The predicted molar refractivity (Wildman–Crippen MR) is 125 cm³/mol. The summed E-state index contributed by atoms with van der Waals surface area (Å²) in [7, 11) is 1.56. The van der Waals surface area contributed by atoms with Crippen LogP contribution < -0.4 is 14.4 Å². The van der Waals surface area contributed by atoms with E-state index >= 15 is 0 Å². The van der Waals surface area contributed by atoms with Gasteiger partial charge < -0.3 is 19.3 Å². The number of nitrogens with zero attached hydrogens (tertiary/aromatic N) is 3. The van der Waals surface area contributed by atoms with Crippen LogP contribution in [0.15, 0.2) is 36.4 Å². The van der Waals surface area contributed by atoms with Gasteiger partial charge in [0.1, 0.15) is 22.8 Å². The van der Waals surface area contributed by atoms with Crippen LogP contribution in [0.5, 0.6) is 11.5 Å². The van der Waals surface area contributed by atoms with Crippen molar-refractivity contribution in [1.29, 1.82) is 0 Å². The molecular formula is C25H27N3O6. The lowest BCUT2D eigenvalue weighted by Gasteiger charge is -2.44. The third kappa shape index (κ3) is 3.95. The van der Waals surface area contributed by atoms with E-state index < -0.39 is 10.5 Å². The number of piperidine rings is 1. The minimum atomic E-state index is -0.654. The van der Waals surface area contributed by atoms with Gasteiger partial charge in [0.05, 0.1) is 24.0 Å². The third-order valence-corrected chi connectivity index (χ3v) is 7.13. The number of carbonyl (C=O) groups is 2. The molecule has 3 heterocycles.